The highest BCUT2D eigenvalue weighted by atomic mass is 32.2. The lowest BCUT2D eigenvalue weighted by Gasteiger charge is -2.12. The third kappa shape index (κ3) is 3.94. The largest absolute Gasteiger partial charge is 0.292 e. The van der Waals surface area contributed by atoms with Gasteiger partial charge in [0.15, 0.2) is 0 Å². The number of hydroxylamine groups is 1. The van der Waals surface area contributed by atoms with Crippen LogP contribution in [-0.4, -0.2) is 26.9 Å². The molecule has 0 aromatic rings. The maximum absolute atomic E-state index is 10.3. The third-order valence-electron chi connectivity index (χ3n) is 1.07. The van der Waals surface area contributed by atoms with Crippen LogP contribution in [-0.2, 0) is 16.1 Å². The van der Waals surface area contributed by atoms with Crippen LogP contribution >= 0.6 is 0 Å². The van der Waals surface area contributed by atoms with E-state index in [0.717, 1.165) is 17.3 Å². The van der Waals surface area contributed by atoms with E-state index in [4.69, 9.17) is 4.55 Å². The molecular formula is C5H13NO3S. The predicted molar refractivity (Wildman–Crippen MR) is 39.4 cm³/mol. The van der Waals surface area contributed by atoms with Gasteiger partial charge in [0, 0.05) is 6.54 Å². The third-order valence-corrected chi connectivity index (χ3v) is 1.75. The van der Waals surface area contributed by atoms with Crippen LogP contribution in [0.1, 0.15) is 19.8 Å². The Morgan fingerprint density at radius 1 is 1.70 bits per heavy atom. The second kappa shape index (κ2) is 5.79. The van der Waals surface area contributed by atoms with Crippen LogP contribution < -0.4 is 0 Å². The quantitative estimate of drug-likeness (QED) is 0.486. The molecule has 1 unspecified atom stereocenters. The first kappa shape index (κ1) is 10.0. The normalized spacial score (nSPS) is 14.0. The van der Waals surface area contributed by atoms with E-state index in [0.29, 0.717) is 6.54 Å². The summed E-state index contributed by atoms with van der Waals surface area (Å²) >= 11 is -1.99. The van der Waals surface area contributed by atoms with Gasteiger partial charge >= 0.3 is 0 Å². The molecule has 0 spiro atoms. The van der Waals surface area contributed by atoms with Crippen LogP contribution in [0, 0.1) is 0 Å². The van der Waals surface area contributed by atoms with Crippen molar-refractivity contribution in [3.05, 3.63) is 0 Å². The summed E-state index contributed by atoms with van der Waals surface area (Å²) < 4.78 is 19.9. The fourth-order valence-corrected chi connectivity index (χ4v) is 0.933. The Hall–Kier alpha value is 0.0300. The minimum atomic E-state index is -1.99. The Balaban J connectivity index is 3.50. The van der Waals surface area contributed by atoms with Crippen LogP contribution in [0.2, 0.25) is 0 Å². The van der Waals surface area contributed by atoms with Crippen molar-refractivity contribution >= 4 is 11.3 Å². The molecule has 5 heteroatoms. The SMILES string of the molecule is CCCCN(OC)S(=O)O. The molecule has 1 atom stereocenters. The van der Waals surface area contributed by atoms with Gasteiger partial charge in [0.1, 0.15) is 0 Å². The second-order valence-corrected chi connectivity index (χ2v) is 2.69. The molecule has 0 fully saturated rings. The van der Waals surface area contributed by atoms with Gasteiger partial charge in [-0.15, -0.1) is 0 Å². The fraction of sp³-hybridized carbons (Fsp3) is 1.00. The molecular weight excluding hydrogens is 154 g/mol. The number of hydrogen-bond acceptors (Lipinski definition) is 2. The predicted octanol–water partition coefficient (Wildman–Crippen LogP) is 0.787. The van der Waals surface area contributed by atoms with Crippen LogP contribution in [0.5, 0.6) is 0 Å². The molecule has 0 amide bonds. The lowest BCUT2D eigenvalue weighted by Crippen LogP contribution is -2.25. The molecule has 10 heavy (non-hydrogen) atoms. The number of hydrogen-bond donors (Lipinski definition) is 1. The Morgan fingerprint density at radius 2 is 2.30 bits per heavy atom. The first-order valence-electron chi connectivity index (χ1n) is 3.15. The van der Waals surface area contributed by atoms with Crippen molar-refractivity contribution in [1.82, 2.24) is 4.47 Å². The van der Waals surface area contributed by atoms with Gasteiger partial charge in [-0.1, -0.05) is 17.8 Å². The molecule has 0 aromatic carbocycles. The fourth-order valence-electron chi connectivity index (χ4n) is 0.520. The van der Waals surface area contributed by atoms with E-state index in [1.165, 1.54) is 7.11 Å². The number of unbranched alkanes of at least 4 members (excludes halogenated alkanes) is 1. The molecule has 0 aliphatic carbocycles. The van der Waals surface area contributed by atoms with Gasteiger partial charge in [0.2, 0.25) is 0 Å². The van der Waals surface area contributed by atoms with Gasteiger partial charge in [-0.2, -0.15) is 0 Å². The number of nitrogens with zero attached hydrogens (tertiary/aromatic N) is 1. The van der Waals surface area contributed by atoms with Crippen LogP contribution in [0.25, 0.3) is 0 Å². The molecule has 0 bridgehead atoms. The summed E-state index contributed by atoms with van der Waals surface area (Å²) in [5, 5.41) is 0. The number of rotatable bonds is 5. The van der Waals surface area contributed by atoms with Gasteiger partial charge in [-0.25, -0.2) is 4.21 Å². The van der Waals surface area contributed by atoms with Gasteiger partial charge in [-0.3, -0.25) is 9.39 Å². The van der Waals surface area contributed by atoms with Gasteiger partial charge < -0.3 is 0 Å². The summed E-state index contributed by atoms with van der Waals surface area (Å²) in [5.41, 5.74) is 0. The van der Waals surface area contributed by atoms with Crippen molar-refractivity contribution in [3.63, 3.8) is 0 Å². The lowest BCUT2D eigenvalue weighted by molar-refractivity contribution is -0.0502. The maximum atomic E-state index is 10.3. The second-order valence-electron chi connectivity index (χ2n) is 1.82. The topological polar surface area (TPSA) is 49.8 Å². The van der Waals surface area contributed by atoms with Crippen LogP contribution in [0.3, 0.4) is 0 Å². The van der Waals surface area contributed by atoms with E-state index in [-0.39, 0.29) is 0 Å². The Bertz CT molecular complexity index is 109. The summed E-state index contributed by atoms with van der Waals surface area (Å²) in [6.45, 7) is 2.50. The Morgan fingerprint density at radius 3 is 2.60 bits per heavy atom. The molecule has 0 rings (SSSR count). The Labute approximate surface area is 63.5 Å². The minimum Gasteiger partial charge on any atom is -0.292 e. The van der Waals surface area contributed by atoms with E-state index in [2.05, 4.69) is 4.84 Å². The standard InChI is InChI=1S/C5H13NO3S/c1-3-4-5-6(9-2)10(7)8/h3-5H2,1-2H3,(H,7,8). The molecule has 0 heterocycles. The molecule has 0 aliphatic rings. The summed E-state index contributed by atoms with van der Waals surface area (Å²) in [6, 6.07) is 0. The molecule has 0 aromatic heterocycles. The molecule has 0 radical (unpaired) electrons. The molecule has 0 aliphatic heterocycles. The van der Waals surface area contributed by atoms with Gasteiger partial charge in [0.25, 0.3) is 11.3 Å². The average molecular weight is 167 g/mol. The monoisotopic (exact) mass is 167 g/mol. The highest BCUT2D eigenvalue weighted by molar-refractivity contribution is 7.76. The van der Waals surface area contributed by atoms with E-state index >= 15 is 0 Å². The summed E-state index contributed by atoms with van der Waals surface area (Å²) in [5.74, 6) is 0. The molecule has 0 saturated carbocycles. The van der Waals surface area contributed by atoms with E-state index in [1.807, 2.05) is 6.92 Å². The maximum Gasteiger partial charge on any atom is 0.258 e. The van der Waals surface area contributed by atoms with Crippen molar-refractivity contribution in [2.24, 2.45) is 0 Å². The lowest BCUT2D eigenvalue weighted by atomic mass is 10.3. The zero-order valence-electron chi connectivity index (χ0n) is 6.24. The minimum absolute atomic E-state index is 0.496. The zero-order chi connectivity index (χ0) is 7.98. The summed E-state index contributed by atoms with van der Waals surface area (Å²) in [4.78, 5) is 4.60. The molecule has 4 nitrogen and oxygen atoms in total. The van der Waals surface area contributed by atoms with E-state index in [1.54, 1.807) is 0 Å². The highest BCUT2D eigenvalue weighted by Gasteiger charge is 2.07. The molecule has 1 N–H and O–H groups in total. The van der Waals surface area contributed by atoms with Crippen molar-refractivity contribution < 1.29 is 13.6 Å². The average Bonchev–Trinajstić information content (AvgIpc) is 1.89. The smallest absolute Gasteiger partial charge is 0.258 e. The van der Waals surface area contributed by atoms with Crippen LogP contribution in [0.4, 0.5) is 0 Å². The van der Waals surface area contributed by atoms with Crippen LogP contribution in [0.15, 0.2) is 0 Å². The highest BCUT2D eigenvalue weighted by Crippen LogP contribution is 1.96. The summed E-state index contributed by atoms with van der Waals surface area (Å²) in [7, 11) is 1.38. The summed E-state index contributed by atoms with van der Waals surface area (Å²) in [6.07, 6.45) is 1.84. The molecule has 0 saturated heterocycles. The van der Waals surface area contributed by atoms with Crippen molar-refractivity contribution in [2.45, 2.75) is 19.8 Å². The molecule has 62 valence electrons. The van der Waals surface area contributed by atoms with Gasteiger partial charge in [0.05, 0.1) is 7.11 Å². The first-order valence-corrected chi connectivity index (χ1v) is 4.21. The van der Waals surface area contributed by atoms with Gasteiger partial charge in [-0.05, 0) is 6.42 Å². The van der Waals surface area contributed by atoms with Crippen molar-refractivity contribution in [2.75, 3.05) is 13.7 Å². The van der Waals surface area contributed by atoms with Crippen molar-refractivity contribution in [3.8, 4) is 0 Å². The van der Waals surface area contributed by atoms with E-state index < -0.39 is 11.3 Å². The van der Waals surface area contributed by atoms with E-state index in [9.17, 15) is 4.21 Å². The van der Waals surface area contributed by atoms with Crippen molar-refractivity contribution in [1.29, 1.82) is 0 Å². The first-order chi connectivity index (χ1) is 4.72. The Kier molecular flexibility index (Phi) is 5.81. The zero-order valence-corrected chi connectivity index (χ0v) is 7.06.